The molecule has 30 heavy (non-hydrogen) atoms. The Hall–Kier alpha value is -3.14. The van der Waals surface area contributed by atoms with Gasteiger partial charge in [0.05, 0.1) is 19.2 Å². The normalized spacial score (nSPS) is 11.7. The number of ether oxygens (including phenoxy) is 1. The van der Waals surface area contributed by atoms with Gasteiger partial charge in [-0.2, -0.15) is 5.10 Å². The number of fused-ring (bicyclic) bond motifs is 1. The molecule has 0 saturated carbocycles. The third kappa shape index (κ3) is 5.47. The Balaban J connectivity index is 1.71. The summed E-state index contributed by atoms with van der Waals surface area (Å²) in [7, 11) is 0. The molecule has 0 radical (unpaired) electrons. The highest BCUT2D eigenvalue weighted by Gasteiger charge is 2.13. The molecule has 0 aliphatic carbocycles. The third-order valence-electron chi connectivity index (χ3n) is 4.96. The van der Waals surface area contributed by atoms with Gasteiger partial charge in [0.25, 0.3) is 0 Å². The van der Waals surface area contributed by atoms with E-state index in [1.807, 2.05) is 42.5 Å². The molecule has 1 N–H and O–H groups in total. The van der Waals surface area contributed by atoms with Crippen LogP contribution in [-0.2, 0) is 16.6 Å². The first kappa shape index (κ1) is 21.6. The predicted molar refractivity (Wildman–Crippen MR) is 124 cm³/mol. The van der Waals surface area contributed by atoms with E-state index in [1.165, 1.54) is 5.56 Å². The fourth-order valence-electron chi connectivity index (χ4n) is 3.26. The molecule has 0 aromatic heterocycles. The molecule has 0 aliphatic heterocycles. The standard InChI is InChI=1S/C26H30N2O2/c1-5-16-30-24-15-12-20-8-6-7-9-22(20)23(24)18-27-28-25(29)17-19-10-13-21(14-11-19)26(2,3)4/h6-15,18H,5,16-17H2,1-4H3,(H,28,29)/b27-18-. The Kier molecular flexibility index (Phi) is 6.88. The maximum atomic E-state index is 12.3. The Bertz CT molecular complexity index is 1030. The highest BCUT2D eigenvalue weighted by Crippen LogP contribution is 2.27. The van der Waals surface area contributed by atoms with Gasteiger partial charge in [-0.25, -0.2) is 5.43 Å². The number of benzene rings is 3. The van der Waals surface area contributed by atoms with Crippen LogP contribution in [0.4, 0.5) is 0 Å². The van der Waals surface area contributed by atoms with Crippen molar-refractivity contribution in [3.8, 4) is 5.75 Å². The SMILES string of the molecule is CCCOc1ccc2ccccc2c1/C=N\NC(=O)Cc1ccc(C(C)(C)C)cc1. The van der Waals surface area contributed by atoms with E-state index in [2.05, 4.69) is 56.4 Å². The van der Waals surface area contributed by atoms with Crippen molar-refractivity contribution in [2.75, 3.05) is 6.61 Å². The molecule has 0 unspecified atom stereocenters. The van der Waals surface area contributed by atoms with Crippen molar-refractivity contribution >= 4 is 22.9 Å². The number of hydrazone groups is 1. The predicted octanol–water partition coefficient (Wildman–Crippen LogP) is 5.62. The second-order valence-corrected chi connectivity index (χ2v) is 8.46. The molecule has 3 aromatic carbocycles. The van der Waals surface area contributed by atoms with Crippen LogP contribution >= 0.6 is 0 Å². The van der Waals surface area contributed by atoms with Gasteiger partial charge in [-0.15, -0.1) is 0 Å². The van der Waals surface area contributed by atoms with Gasteiger partial charge < -0.3 is 4.74 Å². The summed E-state index contributed by atoms with van der Waals surface area (Å²) in [6, 6.07) is 20.3. The summed E-state index contributed by atoms with van der Waals surface area (Å²) in [4.78, 5) is 12.3. The fraction of sp³-hybridized carbons (Fsp3) is 0.308. The van der Waals surface area contributed by atoms with E-state index in [9.17, 15) is 4.79 Å². The Labute approximate surface area is 179 Å². The van der Waals surface area contributed by atoms with Crippen LogP contribution in [0.5, 0.6) is 5.75 Å². The summed E-state index contributed by atoms with van der Waals surface area (Å²) < 4.78 is 5.88. The smallest absolute Gasteiger partial charge is 0.244 e. The summed E-state index contributed by atoms with van der Waals surface area (Å²) in [6.07, 6.45) is 2.89. The van der Waals surface area contributed by atoms with Crippen LogP contribution in [0.3, 0.4) is 0 Å². The number of hydrogen-bond acceptors (Lipinski definition) is 3. The molecule has 3 aromatic rings. The number of rotatable bonds is 7. The van der Waals surface area contributed by atoms with Crippen LogP contribution in [0, 0.1) is 0 Å². The summed E-state index contributed by atoms with van der Waals surface area (Å²) in [5.41, 5.74) is 5.83. The average Bonchev–Trinajstić information content (AvgIpc) is 2.72. The average molecular weight is 403 g/mol. The van der Waals surface area contributed by atoms with Gasteiger partial charge in [0.1, 0.15) is 5.75 Å². The van der Waals surface area contributed by atoms with Gasteiger partial charge in [0, 0.05) is 5.56 Å². The third-order valence-corrected chi connectivity index (χ3v) is 4.96. The number of nitrogens with zero attached hydrogens (tertiary/aromatic N) is 1. The van der Waals surface area contributed by atoms with Crippen molar-refractivity contribution in [3.63, 3.8) is 0 Å². The Morgan fingerprint density at radius 3 is 2.47 bits per heavy atom. The van der Waals surface area contributed by atoms with Gasteiger partial charge in [-0.1, -0.05) is 82.3 Å². The van der Waals surface area contributed by atoms with Crippen molar-refractivity contribution in [2.24, 2.45) is 5.10 Å². The van der Waals surface area contributed by atoms with Gasteiger partial charge in [0.2, 0.25) is 5.91 Å². The van der Waals surface area contributed by atoms with Crippen LogP contribution in [0.15, 0.2) is 65.8 Å². The first-order valence-corrected chi connectivity index (χ1v) is 10.4. The molecule has 0 fully saturated rings. The molecule has 156 valence electrons. The largest absolute Gasteiger partial charge is 0.493 e. The topological polar surface area (TPSA) is 50.7 Å². The van der Waals surface area contributed by atoms with E-state index in [0.29, 0.717) is 6.61 Å². The number of amides is 1. The highest BCUT2D eigenvalue weighted by molar-refractivity contribution is 6.02. The van der Waals surface area contributed by atoms with Gasteiger partial charge in [-0.05, 0) is 39.8 Å². The molecular weight excluding hydrogens is 372 g/mol. The molecular formula is C26H30N2O2. The van der Waals surface area contributed by atoms with Gasteiger partial charge in [-0.3, -0.25) is 4.79 Å². The molecule has 0 saturated heterocycles. The van der Waals surface area contributed by atoms with Crippen molar-refractivity contribution in [2.45, 2.75) is 46.0 Å². The number of carbonyl (C=O) groups is 1. The summed E-state index contributed by atoms with van der Waals surface area (Å²) in [5.74, 6) is 0.623. The molecule has 0 heterocycles. The lowest BCUT2D eigenvalue weighted by Crippen LogP contribution is -2.20. The maximum Gasteiger partial charge on any atom is 0.244 e. The molecule has 0 atom stereocenters. The van der Waals surface area contributed by atoms with Crippen LogP contribution in [0.25, 0.3) is 10.8 Å². The number of carbonyl (C=O) groups excluding carboxylic acids is 1. The fourth-order valence-corrected chi connectivity index (χ4v) is 3.26. The van der Waals surface area contributed by atoms with Gasteiger partial charge >= 0.3 is 0 Å². The van der Waals surface area contributed by atoms with Crippen molar-refractivity contribution in [1.29, 1.82) is 0 Å². The summed E-state index contributed by atoms with van der Waals surface area (Å²) in [6.45, 7) is 9.23. The van der Waals surface area contributed by atoms with Crippen LogP contribution in [0.1, 0.15) is 50.8 Å². The van der Waals surface area contributed by atoms with Crippen molar-refractivity contribution < 1.29 is 9.53 Å². The number of nitrogens with one attached hydrogen (secondary N) is 1. The lowest BCUT2D eigenvalue weighted by atomic mass is 9.86. The molecule has 0 bridgehead atoms. The molecule has 0 aliphatic rings. The van der Waals surface area contributed by atoms with E-state index >= 15 is 0 Å². The maximum absolute atomic E-state index is 12.3. The van der Waals surface area contributed by atoms with E-state index in [4.69, 9.17) is 4.74 Å². The minimum Gasteiger partial charge on any atom is -0.493 e. The van der Waals surface area contributed by atoms with Crippen LogP contribution < -0.4 is 10.2 Å². The summed E-state index contributed by atoms with van der Waals surface area (Å²) in [5, 5.41) is 6.36. The zero-order chi connectivity index (χ0) is 21.6. The van der Waals surface area contributed by atoms with E-state index in [-0.39, 0.29) is 17.7 Å². The van der Waals surface area contributed by atoms with Crippen LogP contribution in [0.2, 0.25) is 0 Å². The quantitative estimate of drug-likeness (QED) is 0.412. The molecule has 3 rings (SSSR count). The van der Waals surface area contributed by atoms with Crippen molar-refractivity contribution in [3.05, 3.63) is 77.4 Å². The highest BCUT2D eigenvalue weighted by atomic mass is 16.5. The first-order valence-electron chi connectivity index (χ1n) is 10.4. The minimum absolute atomic E-state index is 0.0983. The lowest BCUT2D eigenvalue weighted by molar-refractivity contribution is -0.120. The number of hydrogen-bond donors (Lipinski definition) is 1. The van der Waals surface area contributed by atoms with E-state index in [1.54, 1.807) is 6.21 Å². The summed E-state index contributed by atoms with van der Waals surface area (Å²) >= 11 is 0. The zero-order valence-corrected chi connectivity index (χ0v) is 18.2. The minimum atomic E-state index is -0.147. The van der Waals surface area contributed by atoms with E-state index in [0.717, 1.165) is 34.1 Å². The molecule has 1 amide bonds. The zero-order valence-electron chi connectivity index (χ0n) is 18.2. The Morgan fingerprint density at radius 2 is 1.77 bits per heavy atom. The second-order valence-electron chi connectivity index (χ2n) is 8.46. The van der Waals surface area contributed by atoms with Gasteiger partial charge in [0.15, 0.2) is 0 Å². The monoisotopic (exact) mass is 402 g/mol. The second kappa shape index (κ2) is 9.57. The van der Waals surface area contributed by atoms with E-state index < -0.39 is 0 Å². The lowest BCUT2D eigenvalue weighted by Gasteiger charge is -2.19. The van der Waals surface area contributed by atoms with Crippen molar-refractivity contribution in [1.82, 2.24) is 5.43 Å². The first-order chi connectivity index (χ1) is 14.4. The molecule has 0 spiro atoms. The molecule has 4 nitrogen and oxygen atoms in total. The van der Waals surface area contributed by atoms with Crippen LogP contribution in [-0.4, -0.2) is 18.7 Å². The Morgan fingerprint density at radius 1 is 1.03 bits per heavy atom. The molecule has 4 heteroatoms.